The molecule has 0 radical (unpaired) electrons. The second-order valence-electron chi connectivity index (χ2n) is 8.20. The van der Waals surface area contributed by atoms with E-state index < -0.39 is 0 Å². The fourth-order valence-electron chi connectivity index (χ4n) is 4.68. The fourth-order valence-corrected chi connectivity index (χ4v) is 4.68. The van der Waals surface area contributed by atoms with Gasteiger partial charge in [0.1, 0.15) is 0 Å². The van der Waals surface area contributed by atoms with Gasteiger partial charge >= 0.3 is 17.1 Å². The summed E-state index contributed by atoms with van der Waals surface area (Å²) in [4.78, 5) is 14.5. The van der Waals surface area contributed by atoms with E-state index in [0.29, 0.717) is 12.1 Å². The van der Waals surface area contributed by atoms with Crippen molar-refractivity contribution in [1.82, 2.24) is 4.98 Å². The van der Waals surface area contributed by atoms with E-state index in [9.17, 15) is 0 Å². The maximum atomic E-state index is 4.83. The molecule has 2 aromatic carbocycles. The molecule has 2 atom stereocenters. The first-order valence-corrected chi connectivity index (χ1v) is 11.0. The van der Waals surface area contributed by atoms with Gasteiger partial charge in [-0.15, -0.1) is 0 Å². The smallest absolute Gasteiger partial charge is 1.00 e. The van der Waals surface area contributed by atoms with Crippen LogP contribution in [0.1, 0.15) is 58.6 Å². The number of aliphatic imine (C=N–C) groups is 2. The van der Waals surface area contributed by atoms with Crippen molar-refractivity contribution < 1.29 is 41.9 Å². The summed E-state index contributed by atoms with van der Waals surface area (Å²) in [5.41, 5.74) is 7.82. The van der Waals surface area contributed by atoms with Crippen molar-refractivity contribution in [3.05, 3.63) is 100 Å². The van der Waals surface area contributed by atoms with Gasteiger partial charge in [0.05, 0.1) is 12.1 Å². The number of aryl methyl sites for hydroxylation is 2. The summed E-state index contributed by atoms with van der Waals surface area (Å²) in [7, 11) is 0. The Balaban J connectivity index is 0.00000128. The number of aromatic nitrogens is 1. The number of fused-ring (bicyclic) bond motifs is 2. The summed E-state index contributed by atoms with van der Waals surface area (Å²) in [6.45, 7) is 0. The number of pyridine rings is 1. The zero-order valence-electron chi connectivity index (χ0n) is 18.4. The van der Waals surface area contributed by atoms with E-state index in [4.69, 9.17) is 15.0 Å². The van der Waals surface area contributed by atoms with Crippen LogP contribution in [-0.2, 0) is 42.8 Å². The minimum absolute atomic E-state index is 0. The Hall–Kier alpha value is -1.97. The maximum Gasteiger partial charge on any atom is 2.00 e. The van der Waals surface area contributed by atoms with Crippen molar-refractivity contribution in [2.24, 2.45) is 9.98 Å². The van der Waals surface area contributed by atoms with E-state index in [-0.39, 0.29) is 41.9 Å². The first-order chi connectivity index (χ1) is 14.9. The van der Waals surface area contributed by atoms with E-state index in [1.165, 1.54) is 22.3 Å². The SMILES string of the molecule is C(Cc1cccc(CC=NC2CCc3ccccc32)n1)=NC1CCc2ccccc21.[Cl-].[Cl-].[Fe+2]. The van der Waals surface area contributed by atoms with E-state index in [1.54, 1.807) is 0 Å². The molecule has 5 rings (SSSR count). The molecule has 2 unspecified atom stereocenters. The van der Waals surface area contributed by atoms with Crippen molar-refractivity contribution in [2.75, 3.05) is 0 Å². The quantitative estimate of drug-likeness (QED) is 0.325. The molecule has 0 amide bonds. The largest absolute Gasteiger partial charge is 2.00 e. The van der Waals surface area contributed by atoms with Crippen LogP contribution in [0.4, 0.5) is 0 Å². The molecule has 3 nitrogen and oxygen atoms in total. The summed E-state index contributed by atoms with van der Waals surface area (Å²) in [6.07, 6.45) is 10.1. The van der Waals surface area contributed by atoms with Gasteiger partial charge in [0.15, 0.2) is 0 Å². The van der Waals surface area contributed by atoms with Crippen molar-refractivity contribution >= 4 is 12.4 Å². The molecule has 0 aliphatic heterocycles. The van der Waals surface area contributed by atoms with Gasteiger partial charge < -0.3 is 24.8 Å². The van der Waals surface area contributed by atoms with Gasteiger partial charge in [0.2, 0.25) is 0 Å². The molecule has 0 spiro atoms. The summed E-state index contributed by atoms with van der Waals surface area (Å²) in [6, 6.07) is 24.2. The van der Waals surface area contributed by atoms with E-state index in [2.05, 4.69) is 66.7 Å². The molecular formula is C27H27Cl2FeN3. The summed E-state index contributed by atoms with van der Waals surface area (Å²) in [5, 5.41) is 0. The topological polar surface area (TPSA) is 37.6 Å². The Bertz CT molecular complexity index is 1020. The number of halogens is 2. The predicted molar refractivity (Wildman–Crippen MR) is 124 cm³/mol. The molecule has 33 heavy (non-hydrogen) atoms. The maximum absolute atomic E-state index is 4.83. The van der Waals surface area contributed by atoms with Crippen molar-refractivity contribution in [2.45, 2.75) is 50.6 Å². The summed E-state index contributed by atoms with van der Waals surface area (Å²) in [5.74, 6) is 0. The van der Waals surface area contributed by atoms with Crippen molar-refractivity contribution in [3.63, 3.8) is 0 Å². The minimum Gasteiger partial charge on any atom is -1.00 e. The van der Waals surface area contributed by atoms with Gasteiger partial charge in [-0.2, -0.15) is 0 Å². The Morgan fingerprint density at radius 2 is 1.12 bits per heavy atom. The summed E-state index contributed by atoms with van der Waals surface area (Å²) < 4.78 is 0. The van der Waals surface area contributed by atoms with Crippen molar-refractivity contribution in [3.8, 4) is 0 Å². The van der Waals surface area contributed by atoms with Crippen LogP contribution in [0.2, 0.25) is 0 Å². The molecule has 1 aromatic heterocycles. The number of rotatable bonds is 6. The molecular weight excluding hydrogens is 493 g/mol. The number of nitrogens with zero attached hydrogens (tertiary/aromatic N) is 3. The van der Waals surface area contributed by atoms with Crippen LogP contribution in [0, 0.1) is 0 Å². The van der Waals surface area contributed by atoms with Gasteiger partial charge in [0, 0.05) is 36.7 Å². The van der Waals surface area contributed by atoms with Crippen LogP contribution in [0.5, 0.6) is 0 Å². The van der Waals surface area contributed by atoms with Gasteiger partial charge in [-0.05, 0) is 60.1 Å². The Labute approximate surface area is 219 Å². The Kier molecular flexibility index (Phi) is 10.8. The second-order valence-corrected chi connectivity index (χ2v) is 8.20. The number of benzene rings is 2. The molecule has 2 aliphatic rings. The van der Waals surface area contributed by atoms with E-state index >= 15 is 0 Å². The normalized spacial score (nSPS) is 18.3. The standard InChI is InChI=1S/C27H27N3.2ClH.Fe/c1-3-10-24-20(6-1)12-14-26(24)28-18-16-22-8-5-9-23(30-22)17-19-29-27-15-13-21-7-2-4-11-25(21)27;;;/h1-11,18-19,26-27H,12-17H2;2*1H;/q;;;+2/p-2. The van der Waals surface area contributed by atoms with E-state index in [0.717, 1.165) is 49.9 Å². The fraction of sp³-hybridized carbons (Fsp3) is 0.296. The van der Waals surface area contributed by atoms with Gasteiger partial charge in [-0.1, -0.05) is 54.6 Å². The van der Waals surface area contributed by atoms with Gasteiger partial charge in [-0.25, -0.2) is 0 Å². The minimum atomic E-state index is 0. The van der Waals surface area contributed by atoms with Crippen LogP contribution in [-0.4, -0.2) is 17.4 Å². The molecule has 0 N–H and O–H groups in total. The average Bonchev–Trinajstić information content (AvgIpc) is 3.39. The monoisotopic (exact) mass is 519 g/mol. The molecule has 0 saturated heterocycles. The molecule has 0 saturated carbocycles. The number of hydrogen-bond donors (Lipinski definition) is 0. The van der Waals surface area contributed by atoms with Gasteiger partial charge in [-0.3, -0.25) is 15.0 Å². The molecule has 1 heterocycles. The number of hydrogen-bond acceptors (Lipinski definition) is 3. The van der Waals surface area contributed by atoms with Crippen LogP contribution in [0.3, 0.4) is 0 Å². The van der Waals surface area contributed by atoms with Crippen LogP contribution in [0.15, 0.2) is 76.7 Å². The van der Waals surface area contributed by atoms with Crippen molar-refractivity contribution in [1.29, 1.82) is 0 Å². The first-order valence-electron chi connectivity index (χ1n) is 11.0. The average molecular weight is 520 g/mol. The third-order valence-electron chi connectivity index (χ3n) is 6.24. The third-order valence-corrected chi connectivity index (χ3v) is 6.24. The molecule has 0 bridgehead atoms. The van der Waals surface area contributed by atoms with Crippen LogP contribution >= 0.6 is 0 Å². The zero-order valence-corrected chi connectivity index (χ0v) is 21.0. The molecule has 172 valence electrons. The second kappa shape index (κ2) is 13.1. The molecule has 6 heteroatoms. The molecule has 0 fully saturated rings. The third kappa shape index (κ3) is 6.55. The van der Waals surface area contributed by atoms with Crippen LogP contribution < -0.4 is 24.8 Å². The van der Waals surface area contributed by atoms with E-state index in [1.807, 2.05) is 12.4 Å². The zero-order chi connectivity index (χ0) is 20.2. The predicted octanol–water partition coefficient (Wildman–Crippen LogP) is -0.311. The molecule has 2 aliphatic carbocycles. The first kappa shape index (κ1) is 27.3. The summed E-state index contributed by atoms with van der Waals surface area (Å²) >= 11 is 0. The molecule has 3 aromatic rings. The Morgan fingerprint density at radius 3 is 1.61 bits per heavy atom. The van der Waals surface area contributed by atoms with Gasteiger partial charge in [0.25, 0.3) is 0 Å². The Morgan fingerprint density at radius 1 is 0.667 bits per heavy atom. The van der Waals surface area contributed by atoms with Crippen LogP contribution in [0.25, 0.3) is 0 Å².